The van der Waals surface area contributed by atoms with Crippen LogP contribution in [-0.2, 0) is 0 Å². The fraction of sp³-hybridized carbons (Fsp3) is 0.118. The molecule has 0 spiro atoms. The molecular formula is C17H15N3OS2. The average molecular weight is 341 g/mol. The van der Waals surface area contributed by atoms with Gasteiger partial charge in [0.25, 0.3) is 5.91 Å². The molecule has 0 aliphatic heterocycles. The summed E-state index contributed by atoms with van der Waals surface area (Å²) >= 11 is 6.65. The predicted octanol–water partition coefficient (Wildman–Crippen LogP) is 4.04. The van der Waals surface area contributed by atoms with E-state index in [9.17, 15) is 4.79 Å². The van der Waals surface area contributed by atoms with Gasteiger partial charge in [-0.2, -0.15) is 0 Å². The van der Waals surface area contributed by atoms with Crippen molar-refractivity contribution in [1.82, 2.24) is 10.3 Å². The number of carbonyl (C=O) groups excluding carboxylic acids is 1. The molecule has 23 heavy (non-hydrogen) atoms. The molecule has 2 aromatic heterocycles. The number of hydrogen-bond donors (Lipinski definition) is 2. The fourth-order valence-corrected chi connectivity index (χ4v) is 3.11. The number of thiophene rings is 1. The number of aromatic nitrogens is 1. The topological polar surface area (TPSA) is 54.0 Å². The lowest BCUT2D eigenvalue weighted by Crippen LogP contribution is -2.33. The molecular weight excluding hydrogens is 326 g/mol. The Balaban J connectivity index is 1.85. The van der Waals surface area contributed by atoms with Crippen LogP contribution in [0.15, 0.2) is 41.8 Å². The van der Waals surface area contributed by atoms with E-state index >= 15 is 0 Å². The van der Waals surface area contributed by atoms with Crippen LogP contribution in [0.25, 0.3) is 10.9 Å². The molecule has 0 saturated carbocycles. The lowest BCUT2D eigenvalue weighted by molar-refractivity contribution is 0.0981. The van der Waals surface area contributed by atoms with E-state index < -0.39 is 0 Å². The predicted molar refractivity (Wildman–Crippen MR) is 99.2 cm³/mol. The van der Waals surface area contributed by atoms with Gasteiger partial charge in [0.05, 0.1) is 16.1 Å². The summed E-state index contributed by atoms with van der Waals surface area (Å²) < 4.78 is 0. The van der Waals surface area contributed by atoms with Gasteiger partial charge < -0.3 is 5.32 Å². The van der Waals surface area contributed by atoms with Gasteiger partial charge in [-0.25, -0.2) is 0 Å². The van der Waals surface area contributed by atoms with Crippen LogP contribution in [0.4, 0.5) is 5.69 Å². The van der Waals surface area contributed by atoms with E-state index in [4.69, 9.17) is 12.2 Å². The van der Waals surface area contributed by atoms with E-state index in [-0.39, 0.29) is 11.0 Å². The summed E-state index contributed by atoms with van der Waals surface area (Å²) in [5.74, 6) is -0.204. The van der Waals surface area contributed by atoms with Crippen LogP contribution in [0.2, 0.25) is 0 Å². The number of carbonyl (C=O) groups is 1. The van der Waals surface area contributed by atoms with Gasteiger partial charge in [-0.15, -0.1) is 11.3 Å². The van der Waals surface area contributed by atoms with Crippen LogP contribution in [0.1, 0.15) is 20.9 Å². The van der Waals surface area contributed by atoms with Crippen LogP contribution >= 0.6 is 23.6 Å². The van der Waals surface area contributed by atoms with Crippen LogP contribution in [0.3, 0.4) is 0 Å². The van der Waals surface area contributed by atoms with Gasteiger partial charge in [-0.1, -0.05) is 12.1 Å². The molecule has 0 bridgehead atoms. The Labute approximate surface area is 143 Å². The summed E-state index contributed by atoms with van der Waals surface area (Å²) in [5, 5.41) is 8.94. The number of nitrogens with one attached hydrogen (secondary N) is 2. The molecule has 0 aliphatic carbocycles. The molecule has 2 N–H and O–H groups in total. The summed E-state index contributed by atoms with van der Waals surface area (Å²) in [6.07, 6.45) is 0. The quantitative estimate of drug-likeness (QED) is 0.691. The highest BCUT2D eigenvalue weighted by atomic mass is 32.1. The number of hydrogen-bond acceptors (Lipinski definition) is 4. The third-order valence-electron chi connectivity index (χ3n) is 3.43. The highest BCUT2D eigenvalue weighted by molar-refractivity contribution is 7.80. The first-order valence-corrected chi connectivity index (χ1v) is 8.36. The minimum Gasteiger partial charge on any atom is -0.332 e. The smallest absolute Gasteiger partial charge is 0.267 e. The minimum absolute atomic E-state index is 0.204. The molecule has 0 unspecified atom stereocenters. The van der Waals surface area contributed by atoms with Crippen molar-refractivity contribution >= 4 is 51.2 Å². The second-order valence-corrected chi connectivity index (χ2v) is 6.52. The molecule has 0 atom stereocenters. The van der Waals surface area contributed by atoms with Gasteiger partial charge in [0, 0.05) is 11.1 Å². The van der Waals surface area contributed by atoms with E-state index in [1.165, 1.54) is 11.3 Å². The van der Waals surface area contributed by atoms with Gasteiger partial charge in [0.1, 0.15) is 0 Å². The summed E-state index contributed by atoms with van der Waals surface area (Å²) in [7, 11) is 0. The summed E-state index contributed by atoms with van der Waals surface area (Å²) in [6, 6.07) is 11.5. The molecule has 6 heteroatoms. The van der Waals surface area contributed by atoms with Crippen molar-refractivity contribution in [1.29, 1.82) is 0 Å². The first kappa shape index (κ1) is 15.6. The zero-order chi connectivity index (χ0) is 16.4. The Kier molecular flexibility index (Phi) is 4.36. The van der Waals surface area contributed by atoms with E-state index in [0.717, 1.165) is 27.8 Å². The Morgan fingerprint density at radius 3 is 2.74 bits per heavy atom. The van der Waals surface area contributed by atoms with Crippen molar-refractivity contribution in [2.45, 2.75) is 13.8 Å². The van der Waals surface area contributed by atoms with Gasteiger partial charge in [0.2, 0.25) is 0 Å². The Hall–Kier alpha value is -2.31. The molecule has 1 aromatic carbocycles. The molecule has 3 aromatic rings. The van der Waals surface area contributed by atoms with Gasteiger partial charge in [-0.3, -0.25) is 15.1 Å². The number of aryl methyl sites for hydroxylation is 2. The number of rotatable bonds is 2. The lowest BCUT2D eigenvalue weighted by Gasteiger charge is -2.14. The second kappa shape index (κ2) is 6.44. The zero-order valence-electron chi connectivity index (χ0n) is 12.7. The zero-order valence-corrected chi connectivity index (χ0v) is 14.3. The molecule has 3 rings (SSSR count). The summed E-state index contributed by atoms with van der Waals surface area (Å²) in [4.78, 5) is 17.2. The standard InChI is InChI=1S/C17H15N3OS2/c1-10-5-8-13-12(7-6-11(2)18-13)15(10)19-17(22)20-16(21)14-4-3-9-23-14/h3-9H,1-2H3,(H2,19,20,21,22). The maximum atomic E-state index is 12.1. The number of amides is 1. The number of anilines is 1. The molecule has 2 heterocycles. The van der Waals surface area contributed by atoms with Crippen LogP contribution in [-0.4, -0.2) is 16.0 Å². The Bertz CT molecular complexity index is 888. The van der Waals surface area contributed by atoms with Gasteiger partial charge in [-0.05, 0) is 61.3 Å². The molecule has 1 amide bonds. The molecule has 0 saturated heterocycles. The van der Waals surface area contributed by atoms with Crippen molar-refractivity contribution in [3.05, 3.63) is 57.9 Å². The Morgan fingerprint density at radius 2 is 2.00 bits per heavy atom. The normalized spacial score (nSPS) is 10.5. The van der Waals surface area contributed by atoms with Crippen molar-refractivity contribution in [2.75, 3.05) is 5.32 Å². The average Bonchev–Trinajstić information content (AvgIpc) is 3.04. The monoisotopic (exact) mass is 341 g/mol. The molecule has 116 valence electrons. The van der Waals surface area contributed by atoms with E-state index in [2.05, 4.69) is 15.6 Å². The first-order chi connectivity index (χ1) is 11.0. The molecule has 4 nitrogen and oxygen atoms in total. The maximum Gasteiger partial charge on any atom is 0.267 e. The highest BCUT2D eigenvalue weighted by Crippen LogP contribution is 2.26. The van der Waals surface area contributed by atoms with E-state index in [0.29, 0.717) is 4.88 Å². The third kappa shape index (κ3) is 3.38. The van der Waals surface area contributed by atoms with Crippen LogP contribution in [0.5, 0.6) is 0 Å². The summed E-state index contributed by atoms with van der Waals surface area (Å²) in [5.41, 5.74) is 3.76. The number of pyridine rings is 1. The number of nitrogens with zero attached hydrogens (tertiary/aromatic N) is 1. The van der Waals surface area contributed by atoms with Crippen molar-refractivity contribution in [3.63, 3.8) is 0 Å². The van der Waals surface area contributed by atoms with Crippen LogP contribution < -0.4 is 10.6 Å². The maximum absolute atomic E-state index is 12.1. The fourth-order valence-electron chi connectivity index (χ4n) is 2.30. The van der Waals surface area contributed by atoms with Crippen LogP contribution in [0, 0.1) is 13.8 Å². The van der Waals surface area contributed by atoms with E-state index in [1.54, 1.807) is 6.07 Å². The molecule has 0 radical (unpaired) electrons. The molecule has 0 aliphatic rings. The lowest BCUT2D eigenvalue weighted by atomic mass is 10.1. The van der Waals surface area contributed by atoms with Crippen molar-refractivity contribution in [2.24, 2.45) is 0 Å². The minimum atomic E-state index is -0.204. The van der Waals surface area contributed by atoms with Gasteiger partial charge >= 0.3 is 0 Å². The van der Waals surface area contributed by atoms with Crippen molar-refractivity contribution in [3.8, 4) is 0 Å². The SMILES string of the molecule is Cc1ccc2c(NC(=S)NC(=O)c3cccs3)c(C)ccc2n1. The van der Waals surface area contributed by atoms with E-state index in [1.807, 2.05) is 49.6 Å². The molecule has 0 fully saturated rings. The third-order valence-corrected chi connectivity index (χ3v) is 4.50. The Morgan fingerprint density at radius 1 is 1.17 bits per heavy atom. The summed E-state index contributed by atoms with van der Waals surface area (Å²) in [6.45, 7) is 3.95. The highest BCUT2D eigenvalue weighted by Gasteiger charge is 2.11. The second-order valence-electron chi connectivity index (χ2n) is 5.16. The number of fused-ring (bicyclic) bond motifs is 1. The first-order valence-electron chi connectivity index (χ1n) is 7.07. The number of benzene rings is 1. The van der Waals surface area contributed by atoms with Crippen molar-refractivity contribution < 1.29 is 4.79 Å². The number of thiocarbonyl (C=S) groups is 1. The van der Waals surface area contributed by atoms with Gasteiger partial charge in [0.15, 0.2) is 5.11 Å². The largest absolute Gasteiger partial charge is 0.332 e.